The van der Waals surface area contributed by atoms with Crippen LogP contribution >= 0.6 is 15.9 Å². The fourth-order valence-electron chi connectivity index (χ4n) is 3.95. The molecule has 5 atom stereocenters. The van der Waals surface area contributed by atoms with Crippen molar-refractivity contribution in [3.05, 3.63) is 46.5 Å². The second kappa shape index (κ2) is 11.5. The number of rotatable bonds is 10. The van der Waals surface area contributed by atoms with Crippen LogP contribution in [0, 0.1) is 0 Å². The van der Waals surface area contributed by atoms with Crippen molar-refractivity contribution in [1.29, 1.82) is 0 Å². The number of aliphatic hydroxyl groups is 2. The Morgan fingerprint density at radius 3 is 2.62 bits per heavy atom. The third-order valence-electron chi connectivity index (χ3n) is 5.69. The molecule has 186 valence electrons. The quantitative estimate of drug-likeness (QED) is 0.425. The fourth-order valence-corrected chi connectivity index (χ4v) is 4.47. The van der Waals surface area contributed by atoms with Gasteiger partial charge in [0.15, 0.2) is 23.8 Å². The van der Waals surface area contributed by atoms with Crippen molar-refractivity contribution in [1.82, 2.24) is 4.90 Å². The summed E-state index contributed by atoms with van der Waals surface area (Å²) >= 11 is 3.16. The molecule has 0 saturated carbocycles. The molecule has 0 radical (unpaired) electrons. The Morgan fingerprint density at radius 2 is 1.97 bits per heavy atom. The van der Waals surface area contributed by atoms with E-state index in [1.807, 2.05) is 6.07 Å². The van der Waals surface area contributed by atoms with Crippen LogP contribution in [-0.2, 0) is 28.5 Å². The largest absolute Gasteiger partial charge is 0.439 e. The SMILES string of the molecule is CO[C@H](C(=O)N1C(=O)O[C@H](c2ccccc2)[C@@H]1C)[C@H]1O[C@](O)(CCCOCCO)C(Br)=CC1=O. The molecule has 2 heterocycles. The number of carbonyl (C=O) groups excluding carboxylic acids is 3. The molecular formula is C23H28BrNO9. The average Bonchev–Trinajstić information content (AvgIpc) is 3.12. The maximum atomic E-state index is 13.4. The van der Waals surface area contributed by atoms with Crippen LogP contribution in [0.25, 0.3) is 0 Å². The highest BCUT2D eigenvalue weighted by atomic mass is 79.9. The van der Waals surface area contributed by atoms with Gasteiger partial charge in [-0.3, -0.25) is 9.59 Å². The molecule has 10 nitrogen and oxygen atoms in total. The Bertz CT molecular complexity index is 924. The second-order valence-electron chi connectivity index (χ2n) is 7.98. The summed E-state index contributed by atoms with van der Waals surface area (Å²) < 4.78 is 21.7. The molecule has 0 unspecified atom stereocenters. The molecule has 3 rings (SSSR count). The van der Waals surface area contributed by atoms with E-state index in [0.29, 0.717) is 6.42 Å². The highest BCUT2D eigenvalue weighted by molar-refractivity contribution is 9.11. The predicted octanol–water partition coefficient (Wildman–Crippen LogP) is 1.83. The summed E-state index contributed by atoms with van der Waals surface area (Å²) in [6, 6.07) is 8.34. The first-order valence-electron chi connectivity index (χ1n) is 10.8. The zero-order chi connectivity index (χ0) is 24.9. The van der Waals surface area contributed by atoms with Gasteiger partial charge in [0.1, 0.15) is 6.10 Å². The number of ketones is 1. The number of carbonyl (C=O) groups is 3. The molecule has 2 aliphatic rings. The van der Waals surface area contributed by atoms with Crippen LogP contribution < -0.4 is 0 Å². The standard InChI is InChI=1S/C23H28BrNO9/c1-14-18(15-7-4-3-5-8-15)33-22(29)25(14)21(28)20(31-2)19-16(27)13-17(24)23(30,34-19)9-6-11-32-12-10-26/h3-5,7-8,13-14,18-20,26,30H,6,9-12H2,1-2H3/t14-,18-,19-,20-,23+/m0/s1. The normalized spacial score (nSPS) is 28.0. The maximum Gasteiger partial charge on any atom is 0.417 e. The molecule has 34 heavy (non-hydrogen) atoms. The van der Waals surface area contributed by atoms with Crippen molar-refractivity contribution in [2.24, 2.45) is 0 Å². The molecule has 2 aliphatic heterocycles. The molecular weight excluding hydrogens is 514 g/mol. The van der Waals surface area contributed by atoms with Crippen LogP contribution in [-0.4, -0.2) is 83.9 Å². The van der Waals surface area contributed by atoms with Gasteiger partial charge in [-0.15, -0.1) is 0 Å². The van der Waals surface area contributed by atoms with Gasteiger partial charge in [0, 0.05) is 20.1 Å². The molecule has 0 spiro atoms. The summed E-state index contributed by atoms with van der Waals surface area (Å²) in [7, 11) is 1.22. The van der Waals surface area contributed by atoms with Crippen LogP contribution in [0.2, 0.25) is 0 Å². The van der Waals surface area contributed by atoms with Crippen LogP contribution in [0.5, 0.6) is 0 Å². The second-order valence-corrected chi connectivity index (χ2v) is 8.83. The average molecular weight is 542 g/mol. The third-order valence-corrected chi connectivity index (χ3v) is 6.54. The van der Waals surface area contributed by atoms with E-state index in [1.54, 1.807) is 31.2 Å². The van der Waals surface area contributed by atoms with Gasteiger partial charge >= 0.3 is 6.09 Å². The summed E-state index contributed by atoms with van der Waals surface area (Å²) in [6.07, 6.45) is -2.99. The number of nitrogens with zero attached hydrogens (tertiary/aromatic N) is 1. The molecule has 0 bridgehead atoms. The van der Waals surface area contributed by atoms with E-state index < -0.39 is 47.9 Å². The Morgan fingerprint density at radius 1 is 1.26 bits per heavy atom. The minimum absolute atomic E-state index is 0.0438. The van der Waals surface area contributed by atoms with Gasteiger partial charge in [-0.25, -0.2) is 9.69 Å². The van der Waals surface area contributed by atoms with Crippen LogP contribution in [0.3, 0.4) is 0 Å². The smallest absolute Gasteiger partial charge is 0.417 e. The van der Waals surface area contributed by atoms with E-state index in [4.69, 9.17) is 24.1 Å². The van der Waals surface area contributed by atoms with E-state index in [2.05, 4.69) is 15.9 Å². The minimum Gasteiger partial charge on any atom is -0.439 e. The van der Waals surface area contributed by atoms with Crippen molar-refractivity contribution in [3.63, 3.8) is 0 Å². The lowest BCUT2D eigenvalue weighted by Gasteiger charge is -2.38. The monoisotopic (exact) mass is 541 g/mol. The van der Waals surface area contributed by atoms with Gasteiger partial charge in [0.25, 0.3) is 5.91 Å². The Labute approximate surface area is 205 Å². The highest BCUT2D eigenvalue weighted by Crippen LogP contribution is 2.37. The third kappa shape index (κ3) is 5.56. The van der Waals surface area contributed by atoms with Crippen molar-refractivity contribution < 1.29 is 43.5 Å². The van der Waals surface area contributed by atoms with Gasteiger partial charge in [-0.05, 0) is 40.9 Å². The summed E-state index contributed by atoms with van der Waals surface area (Å²) in [5.74, 6) is -3.31. The molecule has 1 aromatic carbocycles. The summed E-state index contributed by atoms with van der Waals surface area (Å²) in [6.45, 7) is 1.94. The molecule has 0 aliphatic carbocycles. The number of hydrogen-bond donors (Lipinski definition) is 2. The van der Waals surface area contributed by atoms with E-state index in [0.717, 1.165) is 16.5 Å². The van der Waals surface area contributed by atoms with Gasteiger partial charge < -0.3 is 29.2 Å². The van der Waals surface area contributed by atoms with E-state index >= 15 is 0 Å². The maximum absolute atomic E-state index is 13.4. The van der Waals surface area contributed by atoms with Gasteiger partial charge in [0.2, 0.25) is 0 Å². The van der Waals surface area contributed by atoms with E-state index in [-0.39, 0.29) is 30.7 Å². The van der Waals surface area contributed by atoms with Crippen molar-refractivity contribution in [2.45, 2.75) is 49.9 Å². The van der Waals surface area contributed by atoms with Crippen LogP contribution in [0.4, 0.5) is 4.79 Å². The summed E-state index contributed by atoms with van der Waals surface area (Å²) in [4.78, 5) is 39.6. The number of imide groups is 1. The van der Waals surface area contributed by atoms with Crippen molar-refractivity contribution >= 4 is 33.7 Å². The number of aliphatic hydroxyl groups excluding tert-OH is 1. The predicted molar refractivity (Wildman–Crippen MR) is 122 cm³/mol. The number of methoxy groups -OCH3 is 1. The number of halogens is 1. The summed E-state index contributed by atoms with van der Waals surface area (Å²) in [5, 5.41) is 19.8. The number of cyclic esters (lactones) is 1. The molecule has 1 fully saturated rings. The summed E-state index contributed by atoms with van der Waals surface area (Å²) in [5.41, 5.74) is 0.724. The Kier molecular flexibility index (Phi) is 8.96. The first-order chi connectivity index (χ1) is 16.2. The van der Waals surface area contributed by atoms with Gasteiger partial charge in [0.05, 0.1) is 23.7 Å². The van der Waals surface area contributed by atoms with Crippen LogP contribution in [0.15, 0.2) is 40.9 Å². The number of hydrogen-bond acceptors (Lipinski definition) is 9. The van der Waals surface area contributed by atoms with E-state index in [9.17, 15) is 19.5 Å². The lowest BCUT2D eigenvalue weighted by atomic mass is 9.98. The molecule has 1 aromatic rings. The molecule has 1 saturated heterocycles. The Hall–Kier alpha value is -2.15. The Balaban J connectivity index is 1.76. The lowest BCUT2D eigenvalue weighted by Crippen LogP contribution is -2.56. The molecule has 2 amide bonds. The highest BCUT2D eigenvalue weighted by Gasteiger charge is 2.51. The molecule has 2 N–H and O–H groups in total. The minimum atomic E-state index is -1.90. The fraction of sp³-hybridized carbons (Fsp3) is 0.522. The number of ether oxygens (including phenoxy) is 4. The number of amides is 2. The lowest BCUT2D eigenvalue weighted by molar-refractivity contribution is -0.227. The van der Waals surface area contributed by atoms with Gasteiger partial charge in [-0.1, -0.05) is 30.3 Å². The first-order valence-corrected chi connectivity index (χ1v) is 11.6. The van der Waals surface area contributed by atoms with Crippen molar-refractivity contribution in [2.75, 3.05) is 26.9 Å². The van der Waals surface area contributed by atoms with Gasteiger partial charge in [-0.2, -0.15) is 0 Å². The topological polar surface area (TPSA) is 132 Å². The van der Waals surface area contributed by atoms with Crippen molar-refractivity contribution in [3.8, 4) is 0 Å². The first kappa shape index (κ1) is 26.5. The van der Waals surface area contributed by atoms with Crippen LogP contribution in [0.1, 0.15) is 31.4 Å². The van der Waals surface area contributed by atoms with E-state index in [1.165, 1.54) is 7.11 Å². The zero-order valence-electron chi connectivity index (χ0n) is 18.9. The molecule has 11 heteroatoms. The number of benzene rings is 1. The zero-order valence-corrected chi connectivity index (χ0v) is 20.5. The molecule has 0 aromatic heterocycles.